The molecule has 0 bridgehead atoms. The van der Waals surface area contributed by atoms with Crippen molar-refractivity contribution in [2.75, 3.05) is 11.4 Å². The van der Waals surface area contributed by atoms with Gasteiger partial charge < -0.3 is 10.6 Å². The lowest BCUT2D eigenvalue weighted by molar-refractivity contribution is -0.118. The van der Waals surface area contributed by atoms with E-state index in [-0.39, 0.29) is 11.9 Å². The molecule has 1 amide bonds. The van der Waals surface area contributed by atoms with Crippen molar-refractivity contribution < 1.29 is 4.79 Å². The van der Waals surface area contributed by atoms with Crippen LogP contribution in [0.25, 0.3) is 10.9 Å². The van der Waals surface area contributed by atoms with Crippen molar-refractivity contribution in [3.8, 4) is 0 Å². The van der Waals surface area contributed by atoms with Gasteiger partial charge in [0, 0.05) is 18.1 Å². The van der Waals surface area contributed by atoms with E-state index in [2.05, 4.69) is 4.98 Å². The van der Waals surface area contributed by atoms with E-state index in [0.717, 1.165) is 23.0 Å². The molecular weight excluding hydrogens is 214 g/mol. The lowest BCUT2D eigenvalue weighted by Gasteiger charge is -2.18. The Bertz CT molecular complexity index is 576. The number of benzene rings is 1. The van der Waals surface area contributed by atoms with Gasteiger partial charge in [-0.15, -0.1) is 0 Å². The summed E-state index contributed by atoms with van der Waals surface area (Å²) in [5.74, 6) is 0.00125. The zero-order valence-electron chi connectivity index (χ0n) is 9.34. The number of rotatable bonds is 1. The second-order valence-corrected chi connectivity index (χ2v) is 4.23. The number of fused-ring (bicyclic) bond motifs is 1. The van der Waals surface area contributed by atoms with Crippen molar-refractivity contribution in [2.24, 2.45) is 5.73 Å². The predicted molar refractivity (Wildman–Crippen MR) is 66.7 cm³/mol. The lowest BCUT2D eigenvalue weighted by atomic mass is 10.1. The number of aromatic nitrogens is 1. The van der Waals surface area contributed by atoms with Crippen molar-refractivity contribution in [1.29, 1.82) is 0 Å². The van der Waals surface area contributed by atoms with Crippen molar-refractivity contribution in [3.63, 3.8) is 0 Å². The number of amides is 1. The Morgan fingerprint density at radius 1 is 1.29 bits per heavy atom. The maximum atomic E-state index is 11.9. The van der Waals surface area contributed by atoms with Gasteiger partial charge >= 0.3 is 0 Å². The van der Waals surface area contributed by atoms with Crippen LogP contribution in [0.5, 0.6) is 0 Å². The van der Waals surface area contributed by atoms with E-state index in [1.54, 1.807) is 11.1 Å². The molecule has 2 heterocycles. The summed E-state index contributed by atoms with van der Waals surface area (Å²) in [6, 6.07) is 9.31. The number of hydrogen-bond acceptors (Lipinski definition) is 3. The normalized spacial score (nSPS) is 20.2. The molecule has 0 spiro atoms. The predicted octanol–water partition coefficient (Wildman–Crippen LogP) is 1.30. The van der Waals surface area contributed by atoms with Gasteiger partial charge in [-0.3, -0.25) is 9.78 Å². The second-order valence-electron chi connectivity index (χ2n) is 4.23. The van der Waals surface area contributed by atoms with E-state index in [1.807, 2.05) is 30.3 Å². The Hall–Kier alpha value is -1.94. The van der Waals surface area contributed by atoms with E-state index in [4.69, 9.17) is 5.73 Å². The maximum Gasteiger partial charge on any atom is 0.243 e. The minimum Gasteiger partial charge on any atom is -0.320 e. The minimum atomic E-state index is -0.359. The molecule has 2 N–H and O–H groups in total. The zero-order chi connectivity index (χ0) is 11.8. The third-order valence-corrected chi connectivity index (χ3v) is 3.16. The Labute approximate surface area is 99.0 Å². The SMILES string of the molecule is NC1CCN(c2cccc3ncccc23)C1=O. The molecule has 86 valence electrons. The summed E-state index contributed by atoms with van der Waals surface area (Å²) in [4.78, 5) is 18.0. The van der Waals surface area contributed by atoms with Gasteiger partial charge in [-0.05, 0) is 30.7 Å². The van der Waals surface area contributed by atoms with Crippen LogP contribution in [-0.2, 0) is 4.79 Å². The Kier molecular flexibility index (Phi) is 2.30. The molecule has 2 aromatic rings. The number of nitrogens with two attached hydrogens (primary N) is 1. The monoisotopic (exact) mass is 227 g/mol. The van der Waals surface area contributed by atoms with Crippen LogP contribution in [-0.4, -0.2) is 23.5 Å². The molecule has 1 saturated heterocycles. The third kappa shape index (κ3) is 1.57. The highest BCUT2D eigenvalue weighted by Crippen LogP contribution is 2.28. The molecule has 0 radical (unpaired) electrons. The van der Waals surface area contributed by atoms with Gasteiger partial charge in [0.25, 0.3) is 0 Å². The van der Waals surface area contributed by atoms with E-state index in [9.17, 15) is 4.79 Å². The Balaban J connectivity index is 2.15. The molecule has 0 aliphatic carbocycles. The molecule has 1 aromatic carbocycles. The van der Waals surface area contributed by atoms with Gasteiger partial charge in [0.05, 0.1) is 17.2 Å². The summed E-state index contributed by atoms with van der Waals surface area (Å²) in [6.07, 6.45) is 2.47. The van der Waals surface area contributed by atoms with Crippen LogP contribution in [0.15, 0.2) is 36.5 Å². The first-order valence-corrected chi connectivity index (χ1v) is 5.68. The molecule has 1 atom stereocenters. The van der Waals surface area contributed by atoms with Gasteiger partial charge in [0.2, 0.25) is 5.91 Å². The topological polar surface area (TPSA) is 59.2 Å². The van der Waals surface area contributed by atoms with Gasteiger partial charge in [-0.25, -0.2) is 0 Å². The molecule has 4 heteroatoms. The second kappa shape index (κ2) is 3.82. The Morgan fingerprint density at radius 3 is 2.94 bits per heavy atom. The smallest absolute Gasteiger partial charge is 0.243 e. The largest absolute Gasteiger partial charge is 0.320 e. The summed E-state index contributed by atoms with van der Waals surface area (Å²) < 4.78 is 0. The summed E-state index contributed by atoms with van der Waals surface area (Å²) in [5, 5.41) is 0.998. The summed E-state index contributed by atoms with van der Waals surface area (Å²) in [5.41, 5.74) is 7.56. The molecule has 3 rings (SSSR count). The fourth-order valence-electron chi connectivity index (χ4n) is 2.26. The van der Waals surface area contributed by atoms with E-state index in [1.165, 1.54) is 0 Å². The fourth-order valence-corrected chi connectivity index (χ4v) is 2.26. The first kappa shape index (κ1) is 10.2. The number of carbonyl (C=O) groups is 1. The van der Waals surface area contributed by atoms with Gasteiger partial charge in [0.1, 0.15) is 0 Å². The van der Waals surface area contributed by atoms with Crippen molar-refractivity contribution >= 4 is 22.5 Å². The lowest BCUT2D eigenvalue weighted by Crippen LogP contribution is -2.34. The quantitative estimate of drug-likeness (QED) is 0.798. The zero-order valence-corrected chi connectivity index (χ0v) is 9.34. The highest BCUT2D eigenvalue weighted by Gasteiger charge is 2.30. The summed E-state index contributed by atoms with van der Waals surface area (Å²) in [6.45, 7) is 0.688. The van der Waals surface area contributed by atoms with Crippen LogP contribution in [0, 0.1) is 0 Å². The number of hydrogen-bond donors (Lipinski definition) is 1. The molecule has 1 fully saturated rings. The van der Waals surface area contributed by atoms with Crippen LogP contribution < -0.4 is 10.6 Å². The molecule has 1 aliphatic heterocycles. The molecule has 4 nitrogen and oxygen atoms in total. The maximum absolute atomic E-state index is 11.9. The van der Waals surface area contributed by atoms with Crippen LogP contribution in [0.2, 0.25) is 0 Å². The molecule has 1 aromatic heterocycles. The van der Waals surface area contributed by atoms with Crippen molar-refractivity contribution in [2.45, 2.75) is 12.5 Å². The van der Waals surface area contributed by atoms with Crippen LogP contribution in [0.1, 0.15) is 6.42 Å². The summed E-state index contributed by atoms with van der Waals surface area (Å²) >= 11 is 0. The average Bonchev–Trinajstić information content (AvgIpc) is 2.69. The number of nitrogens with zero attached hydrogens (tertiary/aromatic N) is 2. The van der Waals surface area contributed by atoms with Gasteiger partial charge in [-0.2, -0.15) is 0 Å². The third-order valence-electron chi connectivity index (χ3n) is 3.16. The Morgan fingerprint density at radius 2 is 2.18 bits per heavy atom. The first-order chi connectivity index (χ1) is 8.27. The average molecular weight is 227 g/mol. The summed E-state index contributed by atoms with van der Waals surface area (Å²) in [7, 11) is 0. The highest BCUT2D eigenvalue weighted by atomic mass is 16.2. The molecule has 1 aliphatic rings. The van der Waals surface area contributed by atoms with E-state index >= 15 is 0 Å². The van der Waals surface area contributed by atoms with Crippen molar-refractivity contribution in [1.82, 2.24) is 4.98 Å². The first-order valence-electron chi connectivity index (χ1n) is 5.68. The van der Waals surface area contributed by atoms with Gasteiger partial charge in [-0.1, -0.05) is 6.07 Å². The molecular formula is C13H13N3O. The fraction of sp³-hybridized carbons (Fsp3) is 0.231. The minimum absolute atomic E-state index is 0.00125. The van der Waals surface area contributed by atoms with Gasteiger partial charge in [0.15, 0.2) is 0 Å². The molecule has 17 heavy (non-hydrogen) atoms. The van der Waals surface area contributed by atoms with E-state index in [0.29, 0.717) is 6.54 Å². The van der Waals surface area contributed by atoms with Crippen molar-refractivity contribution in [3.05, 3.63) is 36.5 Å². The number of anilines is 1. The standard InChI is InChI=1S/C13H13N3O/c14-10-6-8-16(13(10)17)12-5-1-4-11-9(12)3-2-7-15-11/h1-5,7,10H,6,8,14H2. The molecule has 1 unspecified atom stereocenters. The number of pyridine rings is 1. The van der Waals surface area contributed by atoms with Crippen LogP contribution >= 0.6 is 0 Å². The molecule has 0 saturated carbocycles. The van der Waals surface area contributed by atoms with E-state index < -0.39 is 0 Å². The van der Waals surface area contributed by atoms with Crippen LogP contribution in [0.4, 0.5) is 5.69 Å². The number of carbonyl (C=O) groups excluding carboxylic acids is 1. The highest BCUT2D eigenvalue weighted by molar-refractivity contribution is 6.05. The van der Waals surface area contributed by atoms with Crippen LogP contribution in [0.3, 0.4) is 0 Å².